The van der Waals surface area contributed by atoms with Gasteiger partial charge in [0.2, 0.25) is 5.13 Å². The van der Waals surface area contributed by atoms with Gasteiger partial charge in [-0.3, -0.25) is 4.79 Å². The summed E-state index contributed by atoms with van der Waals surface area (Å²) in [5.41, 5.74) is 3.34. The molecule has 3 aromatic rings. The lowest BCUT2D eigenvalue weighted by atomic mass is 10.1. The first-order valence-corrected chi connectivity index (χ1v) is 9.87. The minimum Gasteiger partial charge on any atom is -0.497 e. The average Bonchev–Trinajstić information content (AvgIpc) is 3.17. The second-order valence-electron chi connectivity index (χ2n) is 5.94. The number of thiazole rings is 1. The van der Waals surface area contributed by atoms with Gasteiger partial charge >= 0.3 is 0 Å². The van der Waals surface area contributed by atoms with Gasteiger partial charge in [0.15, 0.2) is 6.29 Å². The summed E-state index contributed by atoms with van der Waals surface area (Å²) in [7, 11) is 1.61. The molecule has 0 spiro atoms. The zero-order valence-electron chi connectivity index (χ0n) is 16.1. The zero-order valence-corrected chi connectivity index (χ0v) is 16.9. The van der Waals surface area contributed by atoms with Gasteiger partial charge in [-0.15, -0.1) is 10.2 Å². The largest absolute Gasteiger partial charge is 0.497 e. The van der Waals surface area contributed by atoms with Crippen molar-refractivity contribution < 1.29 is 9.53 Å². The first-order valence-electron chi connectivity index (χ1n) is 9.05. The van der Waals surface area contributed by atoms with Gasteiger partial charge < -0.3 is 9.64 Å². The Kier molecular flexibility index (Phi) is 6.49. The minimum absolute atomic E-state index is 0.445. The number of hydrogen-bond donors (Lipinski definition) is 0. The van der Waals surface area contributed by atoms with Crippen molar-refractivity contribution in [2.75, 3.05) is 25.1 Å². The Morgan fingerprint density at radius 3 is 2.29 bits per heavy atom. The first kappa shape index (κ1) is 19.7. The molecule has 7 heteroatoms. The highest BCUT2D eigenvalue weighted by Crippen LogP contribution is 2.33. The second kappa shape index (κ2) is 9.23. The SMILES string of the molecule is CCN(CC)c1ccc(N=Nc2nc(-c3ccc(OC)cc3)c(C=O)s2)cc1. The second-order valence-corrected chi connectivity index (χ2v) is 6.95. The lowest BCUT2D eigenvalue weighted by Crippen LogP contribution is -2.21. The standard InChI is InChI=1S/C21H22N4O2S/c1-4-25(5-2)17-10-8-16(9-11-17)23-24-21-22-20(19(14-26)28-21)15-6-12-18(27-3)13-7-15/h6-14H,4-5H2,1-3H3. The Labute approximate surface area is 168 Å². The third-order valence-corrected chi connectivity index (χ3v) is 5.21. The molecule has 28 heavy (non-hydrogen) atoms. The molecule has 144 valence electrons. The number of hydrogen-bond acceptors (Lipinski definition) is 7. The monoisotopic (exact) mass is 394 g/mol. The Bertz CT molecular complexity index is 946. The van der Waals surface area contributed by atoms with Crippen molar-refractivity contribution in [2.45, 2.75) is 13.8 Å². The number of benzene rings is 2. The van der Waals surface area contributed by atoms with E-state index in [1.807, 2.05) is 48.5 Å². The van der Waals surface area contributed by atoms with E-state index in [0.29, 0.717) is 15.7 Å². The highest BCUT2D eigenvalue weighted by atomic mass is 32.1. The van der Waals surface area contributed by atoms with E-state index >= 15 is 0 Å². The number of rotatable bonds is 8. The van der Waals surface area contributed by atoms with Crippen LogP contribution < -0.4 is 9.64 Å². The van der Waals surface area contributed by atoms with E-state index in [-0.39, 0.29) is 0 Å². The summed E-state index contributed by atoms with van der Waals surface area (Å²) in [6, 6.07) is 15.3. The van der Waals surface area contributed by atoms with Crippen molar-refractivity contribution in [3.63, 3.8) is 0 Å². The van der Waals surface area contributed by atoms with Crippen LogP contribution in [0.4, 0.5) is 16.5 Å². The van der Waals surface area contributed by atoms with Crippen LogP contribution in [-0.4, -0.2) is 31.5 Å². The predicted molar refractivity (Wildman–Crippen MR) is 114 cm³/mol. The fourth-order valence-electron chi connectivity index (χ4n) is 2.82. The van der Waals surface area contributed by atoms with Crippen molar-refractivity contribution in [1.82, 2.24) is 4.98 Å². The van der Waals surface area contributed by atoms with Gasteiger partial charge in [0.1, 0.15) is 5.75 Å². The van der Waals surface area contributed by atoms with Crippen LogP contribution in [0, 0.1) is 0 Å². The van der Waals surface area contributed by atoms with Gasteiger partial charge in [0.05, 0.1) is 23.4 Å². The number of nitrogens with zero attached hydrogens (tertiary/aromatic N) is 4. The Morgan fingerprint density at radius 1 is 1.04 bits per heavy atom. The van der Waals surface area contributed by atoms with E-state index < -0.39 is 0 Å². The molecule has 0 aliphatic rings. The molecule has 1 heterocycles. The third-order valence-electron chi connectivity index (χ3n) is 4.34. The molecule has 0 saturated carbocycles. The molecule has 0 aliphatic carbocycles. The van der Waals surface area contributed by atoms with Crippen molar-refractivity contribution in [2.24, 2.45) is 10.2 Å². The molecule has 0 aliphatic heterocycles. The van der Waals surface area contributed by atoms with Gasteiger partial charge in [-0.25, -0.2) is 4.98 Å². The van der Waals surface area contributed by atoms with Gasteiger partial charge in [0.25, 0.3) is 0 Å². The van der Waals surface area contributed by atoms with Crippen LogP contribution in [0.1, 0.15) is 23.5 Å². The maximum absolute atomic E-state index is 11.4. The molecular weight excluding hydrogens is 372 g/mol. The predicted octanol–water partition coefficient (Wildman–Crippen LogP) is 5.89. The molecule has 1 aromatic heterocycles. The van der Waals surface area contributed by atoms with Crippen molar-refractivity contribution in [3.8, 4) is 17.0 Å². The lowest BCUT2D eigenvalue weighted by molar-refractivity contribution is 0.112. The van der Waals surface area contributed by atoms with Crippen LogP contribution in [-0.2, 0) is 0 Å². The molecule has 0 saturated heterocycles. The Morgan fingerprint density at radius 2 is 1.71 bits per heavy atom. The van der Waals surface area contributed by atoms with Crippen LogP contribution in [0.3, 0.4) is 0 Å². The molecule has 0 bridgehead atoms. The van der Waals surface area contributed by atoms with E-state index in [1.54, 1.807) is 7.11 Å². The van der Waals surface area contributed by atoms with Crippen LogP contribution in [0.5, 0.6) is 5.75 Å². The molecule has 0 fully saturated rings. The number of anilines is 1. The molecule has 0 atom stereocenters. The van der Waals surface area contributed by atoms with Crippen LogP contribution in [0.2, 0.25) is 0 Å². The van der Waals surface area contributed by atoms with Gasteiger partial charge in [-0.2, -0.15) is 0 Å². The van der Waals surface area contributed by atoms with E-state index in [9.17, 15) is 4.79 Å². The topological polar surface area (TPSA) is 67.2 Å². The summed E-state index contributed by atoms with van der Waals surface area (Å²) in [5.74, 6) is 0.750. The highest BCUT2D eigenvalue weighted by Gasteiger charge is 2.12. The smallest absolute Gasteiger partial charge is 0.231 e. The maximum Gasteiger partial charge on any atom is 0.231 e. The first-order chi connectivity index (χ1) is 13.7. The number of aromatic nitrogens is 1. The van der Waals surface area contributed by atoms with Crippen molar-refractivity contribution in [3.05, 3.63) is 53.4 Å². The quantitative estimate of drug-likeness (QED) is 0.353. The van der Waals surface area contributed by atoms with Crippen molar-refractivity contribution >= 4 is 34.1 Å². The molecule has 3 rings (SSSR count). The molecular formula is C21H22N4O2S. The molecule has 0 radical (unpaired) electrons. The number of azo groups is 1. The molecule has 0 unspecified atom stereocenters. The molecule has 6 nitrogen and oxygen atoms in total. The van der Waals surface area contributed by atoms with Gasteiger partial charge in [-0.05, 0) is 62.4 Å². The molecule has 0 amide bonds. The van der Waals surface area contributed by atoms with E-state index in [1.165, 1.54) is 11.3 Å². The summed E-state index contributed by atoms with van der Waals surface area (Å²) in [4.78, 5) is 18.7. The summed E-state index contributed by atoms with van der Waals surface area (Å²) in [6.45, 7) is 6.17. The molecule has 2 aromatic carbocycles. The van der Waals surface area contributed by atoms with Crippen LogP contribution in [0.25, 0.3) is 11.3 Å². The number of carbonyl (C=O) groups is 1. The van der Waals surface area contributed by atoms with Crippen LogP contribution in [0.15, 0.2) is 58.8 Å². The van der Waals surface area contributed by atoms with Crippen molar-refractivity contribution in [1.29, 1.82) is 0 Å². The number of ether oxygens (including phenoxy) is 1. The summed E-state index contributed by atoms with van der Waals surface area (Å²) in [5, 5.41) is 8.92. The average molecular weight is 395 g/mol. The fourth-order valence-corrected chi connectivity index (χ4v) is 3.54. The number of carbonyl (C=O) groups excluding carboxylic acids is 1. The third kappa shape index (κ3) is 4.43. The zero-order chi connectivity index (χ0) is 19.9. The van der Waals surface area contributed by atoms with Gasteiger partial charge in [0, 0.05) is 24.3 Å². The Hall–Kier alpha value is -3.06. The summed E-state index contributed by atoms with van der Waals surface area (Å²) in [6.07, 6.45) is 0.801. The maximum atomic E-state index is 11.4. The highest BCUT2D eigenvalue weighted by molar-refractivity contribution is 7.17. The number of methoxy groups -OCH3 is 1. The Balaban J connectivity index is 1.80. The van der Waals surface area contributed by atoms with E-state index in [4.69, 9.17) is 4.74 Å². The summed E-state index contributed by atoms with van der Waals surface area (Å²) < 4.78 is 5.17. The molecule has 0 N–H and O–H groups in total. The normalized spacial score (nSPS) is 11.0. The van der Waals surface area contributed by atoms with Gasteiger partial charge in [-0.1, -0.05) is 11.3 Å². The van der Waals surface area contributed by atoms with Crippen LogP contribution >= 0.6 is 11.3 Å². The van der Waals surface area contributed by atoms with E-state index in [2.05, 4.69) is 34.0 Å². The summed E-state index contributed by atoms with van der Waals surface area (Å²) >= 11 is 1.22. The fraction of sp³-hybridized carbons (Fsp3) is 0.238. The minimum atomic E-state index is 0.445. The lowest BCUT2D eigenvalue weighted by Gasteiger charge is -2.20. The number of aldehydes is 1. The van der Waals surface area contributed by atoms with E-state index in [0.717, 1.165) is 42.1 Å².